The zero-order chi connectivity index (χ0) is 37.3. The number of rotatable bonds is 41. The molecule has 0 amide bonds. The quantitative estimate of drug-likeness (QED) is 0.0355. The maximum absolute atomic E-state index is 12.6. The Labute approximate surface area is 317 Å². The van der Waals surface area contributed by atoms with Crippen LogP contribution in [-0.4, -0.2) is 37.2 Å². The van der Waals surface area contributed by atoms with E-state index in [4.69, 9.17) is 14.2 Å². The van der Waals surface area contributed by atoms with E-state index in [1.165, 1.54) is 148 Å². The summed E-state index contributed by atoms with van der Waals surface area (Å²) in [5, 5.41) is 0. The molecule has 0 aromatic rings. The van der Waals surface area contributed by atoms with E-state index in [1.807, 2.05) is 0 Å². The zero-order valence-electron chi connectivity index (χ0n) is 34.4. The lowest BCUT2D eigenvalue weighted by molar-refractivity contribution is -0.167. The lowest BCUT2D eigenvalue weighted by Crippen LogP contribution is -2.30. The van der Waals surface area contributed by atoms with Gasteiger partial charge >= 0.3 is 17.9 Å². The molecule has 302 valence electrons. The summed E-state index contributed by atoms with van der Waals surface area (Å²) in [5.41, 5.74) is 0. The van der Waals surface area contributed by atoms with Crippen LogP contribution in [0.2, 0.25) is 0 Å². The summed E-state index contributed by atoms with van der Waals surface area (Å²) in [5.74, 6) is -0.867. The van der Waals surface area contributed by atoms with Gasteiger partial charge in [-0.3, -0.25) is 14.4 Å². The summed E-state index contributed by atoms with van der Waals surface area (Å²) >= 11 is 0. The highest BCUT2D eigenvalue weighted by molar-refractivity contribution is 5.71. The second-order valence-electron chi connectivity index (χ2n) is 15.3. The van der Waals surface area contributed by atoms with Crippen LogP contribution in [0.5, 0.6) is 0 Å². The predicted octanol–water partition coefficient (Wildman–Crippen LogP) is 14.1. The Morgan fingerprint density at radius 3 is 0.784 bits per heavy atom. The van der Waals surface area contributed by atoms with E-state index in [1.54, 1.807) is 0 Å². The zero-order valence-corrected chi connectivity index (χ0v) is 34.4. The van der Waals surface area contributed by atoms with E-state index < -0.39 is 6.10 Å². The number of carbonyl (C=O) groups excluding carboxylic acids is 3. The minimum absolute atomic E-state index is 0.0638. The first-order chi connectivity index (χ1) is 25.0. The van der Waals surface area contributed by atoms with Crippen molar-refractivity contribution in [3.8, 4) is 0 Å². The van der Waals surface area contributed by atoms with Crippen LogP contribution < -0.4 is 0 Å². The minimum atomic E-state index is -0.756. The molecule has 1 atom stereocenters. The van der Waals surface area contributed by atoms with Crippen molar-refractivity contribution in [3.63, 3.8) is 0 Å². The van der Waals surface area contributed by atoms with Crippen molar-refractivity contribution in [2.75, 3.05) is 13.2 Å². The van der Waals surface area contributed by atoms with Gasteiger partial charge in [0.15, 0.2) is 6.10 Å². The van der Waals surface area contributed by atoms with Crippen molar-refractivity contribution in [2.24, 2.45) is 0 Å². The number of carbonyl (C=O) groups is 3. The van der Waals surface area contributed by atoms with Crippen molar-refractivity contribution in [3.05, 3.63) is 0 Å². The average Bonchev–Trinajstić information content (AvgIpc) is 3.12. The molecule has 0 unspecified atom stereocenters. The molecule has 0 bridgehead atoms. The maximum atomic E-state index is 12.6. The van der Waals surface area contributed by atoms with Crippen LogP contribution in [0.15, 0.2) is 0 Å². The monoisotopic (exact) mass is 723 g/mol. The molecule has 0 spiro atoms. The molecule has 0 fully saturated rings. The van der Waals surface area contributed by atoms with Crippen molar-refractivity contribution < 1.29 is 28.6 Å². The third-order valence-corrected chi connectivity index (χ3v) is 10.1. The van der Waals surface area contributed by atoms with E-state index in [2.05, 4.69) is 20.8 Å². The van der Waals surface area contributed by atoms with Crippen LogP contribution in [0.25, 0.3) is 0 Å². The molecule has 0 heterocycles. The van der Waals surface area contributed by atoms with Gasteiger partial charge < -0.3 is 14.2 Å². The molecular weight excluding hydrogens is 636 g/mol. The van der Waals surface area contributed by atoms with Gasteiger partial charge in [-0.25, -0.2) is 0 Å². The van der Waals surface area contributed by atoms with Gasteiger partial charge in [0, 0.05) is 19.3 Å². The van der Waals surface area contributed by atoms with Gasteiger partial charge in [0.1, 0.15) is 13.2 Å². The SMILES string of the molecule is CCCCCCCCCCCCCCCCCCC(=O)OC[C@H](COC(=O)CCCCCCC)OC(=O)CCCCCCCCCCCCCC. The largest absolute Gasteiger partial charge is 0.462 e. The predicted molar refractivity (Wildman–Crippen MR) is 215 cm³/mol. The molecule has 0 saturated carbocycles. The van der Waals surface area contributed by atoms with Gasteiger partial charge in [0.2, 0.25) is 0 Å². The van der Waals surface area contributed by atoms with Crippen molar-refractivity contribution in [1.82, 2.24) is 0 Å². The maximum Gasteiger partial charge on any atom is 0.306 e. The smallest absolute Gasteiger partial charge is 0.306 e. The van der Waals surface area contributed by atoms with Gasteiger partial charge in [-0.1, -0.05) is 213 Å². The highest BCUT2D eigenvalue weighted by Crippen LogP contribution is 2.16. The highest BCUT2D eigenvalue weighted by Gasteiger charge is 2.19. The first-order valence-electron chi connectivity index (χ1n) is 22.5. The van der Waals surface area contributed by atoms with E-state index >= 15 is 0 Å². The summed E-state index contributed by atoms with van der Waals surface area (Å²) in [4.78, 5) is 37.4. The number of unbranched alkanes of at least 4 members (excludes halogenated alkanes) is 30. The van der Waals surface area contributed by atoms with Crippen molar-refractivity contribution in [2.45, 2.75) is 258 Å². The summed E-state index contributed by atoms with van der Waals surface area (Å²) in [6.07, 6.45) is 41.1. The Morgan fingerprint density at radius 2 is 0.529 bits per heavy atom. The summed E-state index contributed by atoms with van der Waals surface area (Å²) in [7, 11) is 0. The Kier molecular flexibility index (Phi) is 39.9. The fourth-order valence-corrected chi connectivity index (χ4v) is 6.68. The summed E-state index contributed by atoms with van der Waals surface area (Å²) < 4.78 is 16.6. The van der Waals surface area contributed by atoms with Gasteiger partial charge in [-0.05, 0) is 19.3 Å². The van der Waals surface area contributed by atoms with Crippen LogP contribution in [0.4, 0.5) is 0 Å². The van der Waals surface area contributed by atoms with Crippen LogP contribution >= 0.6 is 0 Å². The van der Waals surface area contributed by atoms with Crippen LogP contribution in [0.3, 0.4) is 0 Å². The molecule has 6 nitrogen and oxygen atoms in total. The second kappa shape index (κ2) is 41.2. The Bertz CT molecular complexity index is 753. The van der Waals surface area contributed by atoms with Crippen LogP contribution in [-0.2, 0) is 28.6 Å². The highest BCUT2D eigenvalue weighted by atomic mass is 16.6. The second-order valence-corrected chi connectivity index (χ2v) is 15.3. The number of hydrogen-bond acceptors (Lipinski definition) is 6. The molecule has 0 aliphatic carbocycles. The number of hydrogen-bond donors (Lipinski definition) is 0. The molecule has 0 saturated heterocycles. The first-order valence-corrected chi connectivity index (χ1v) is 22.5. The lowest BCUT2D eigenvalue weighted by Gasteiger charge is -2.18. The molecule has 0 radical (unpaired) electrons. The van der Waals surface area contributed by atoms with Crippen molar-refractivity contribution >= 4 is 17.9 Å². The molecule has 51 heavy (non-hydrogen) atoms. The van der Waals surface area contributed by atoms with Gasteiger partial charge in [-0.15, -0.1) is 0 Å². The van der Waals surface area contributed by atoms with Crippen molar-refractivity contribution in [1.29, 1.82) is 0 Å². The van der Waals surface area contributed by atoms with Crippen LogP contribution in [0.1, 0.15) is 252 Å². The van der Waals surface area contributed by atoms with E-state index in [0.717, 1.165) is 64.2 Å². The first kappa shape index (κ1) is 49.4. The van der Waals surface area contributed by atoms with Gasteiger partial charge in [0.05, 0.1) is 0 Å². The fourth-order valence-electron chi connectivity index (χ4n) is 6.68. The van der Waals surface area contributed by atoms with Crippen LogP contribution in [0, 0.1) is 0 Å². The molecule has 0 aliphatic heterocycles. The van der Waals surface area contributed by atoms with E-state index in [9.17, 15) is 14.4 Å². The Morgan fingerprint density at radius 1 is 0.314 bits per heavy atom. The van der Waals surface area contributed by atoms with Gasteiger partial charge in [0.25, 0.3) is 0 Å². The van der Waals surface area contributed by atoms with E-state index in [-0.39, 0.29) is 31.1 Å². The summed E-state index contributed by atoms with van der Waals surface area (Å²) in [6.45, 7) is 6.57. The third kappa shape index (κ3) is 39.5. The molecule has 0 aromatic heterocycles. The average molecular weight is 723 g/mol. The molecule has 6 heteroatoms. The Hall–Kier alpha value is -1.59. The van der Waals surface area contributed by atoms with E-state index in [0.29, 0.717) is 19.3 Å². The standard InChI is InChI=1S/C45H86O6/c1-4-7-10-13-15-17-19-21-22-23-24-26-27-29-32-35-38-44(47)50-41-42(40-49-43(46)37-34-31-12-9-6-3)51-45(48)39-36-33-30-28-25-20-18-16-14-11-8-5-2/h42H,4-41H2,1-3H3/t42-/m0/s1. The molecule has 0 N–H and O–H groups in total. The topological polar surface area (TPSA) is 78.9 Å². The molecule has 0 aliphatic rings. The van der Waals surface area contributed by atoms with Gasteiger partial charge in [-0.2, -0.15) is 0 Å². The molecular formula is C45H86O6. The summed E-state index contributed by atoms with van der Waals surface area (Å²) in [6, 6.07) is 0. The number of esters is 3. The normalized spacial score (nSPS) is 11.8. The molecule has 0 aromatic carbocycles. The minimum Gasteiger partial charge on any atom is -0.462 e. The third-order valence-electron chi connectivity index (χ3n) is 10.1. The lowest BCUT2D eigenvalue weighted by atomic mass is 10.0. The Balaban J connectivity index is 4.16. The molecule has 0 rings (SSSR count). The fraction of sp³-hybridized carbons (Fsp3) is 0.933. The number of ether oxygens (including phenoxy) is 3.